The molecule has 1 saturated heterocycles. The molecule has 0 bridgehead atoms. The van der Waals surface area contributed by atoms with Gasteiger partial charge in [0.2, 0.25) is 0 Å². The topological polar surface area (TPSA) is 33.2 Å². The molecule has 1 aromatic heterocycles. The van der Waals surface area contributed by atoms with Crippen LogP contribution in [0.3, 0.4) is 0 Å². The van der Waals surface area contributed by atoms with Gasteiger partial charge in [-0.05, 0) is 29.9 Å². The van der Waals surface area contributed by atoms with Gasteiger partial charge in [-0.3, -0.25) is 4.79 Å². The summed E-state index contributed by atoms with van der Waals surface area (Å²) in [6, 6.07) is 5.73. The first-order chi connectivity index (χ1) is 9.39. The van der Waals surface area contributed by atoms with E-state index in [1.165, 1.54) is 0 Å². The number of carbonyl (C=O) groups excluding carboxylic acids is 1. The van der Waals surface area contributed by atoms with Gasteiger partial charge >= 0.3 is 0 Å². The minimum Gasteiger partial charge on any atom is -0.337 e. The van der Waals surface area contributed by atoms with Crippen molar-refractivity contribution < 1.29 is 4.79 Å². The first-order valence-electron chi connectivity index (χ1n) is 7.65. The molecule has 1 aromatic rings. The zero-order valence-corrected chi connectivity index (χ0v) is 13.7. The largest absolute Gasteiger partial charge is 0.337 e. The van der Waals surface area contributed by atoms with E-state index >= 15 is 0 Å². The second-order valence-electron chi connectivity index (χ2n) is 6.24. The van der Waals surface area contributed by atoms with Crippen LogP contribution in [-0.4, -0.2) is 28.9 Å². The van der Waals surface area contributed by atoms with Crippen LogP contribution >= 0.6 is 0 Å². The highest BCUT2D eigenvalue weighted by molar-refractivity contribution is 5.92. The molecule has 1 amide bonds. The van der Waals surface area contributed by atoms with Gasteiger partial charge in [-0.25, -0.2) is 4.98 Å². The fraction of sp³-hybridized carbons (Fsp3) is 0.647. The highest BCUT2D eigenvalue weighted by Crippen LogP contribution is 2.29. The standard InChI is InChI=1S/C15H22N2O.C2H6/c1-11(2)12-6-5-7-13(16-12)14(18)17-9-8-15(3,4)10-17;1-2/h5-7,11H,8-10H2,1-4H3;1-2H3. The highest BCUT2D eigenvalue weighted by atomic mass is 16.2. The predicted octanol–water partition coefficient (Wildman–Crippen LogP) is 4.10. The summed E-state index contributed by atoms with van der Waals surface area (Å²) in [4.78, 5) is 18.8. The number of carbonyl (C=O) groups is 1. The number of amides is 1. The SMILES string of the molecule is CC.CC(C)c1cccc(C(=O)N2CCC(C)(C)C2)n1. The maximum absolute atomic E-state index is 12.4. The Hall–Kier alpha value is -1.38. The molecule has 1 aliphatic heterocycles. The number of likely N-dealkylation sites (tertiary alicyclic amines) is 1. The summed E-state index contributed by atoms with van der Waals surface area (Å²) in [5, 5.41) is 0. The zero-order chi connectivity index (χ0) is 15.3. The molecule has 1 aliphatic rings. The molecule has 0 atom stereocenters. The van der Waals surface area contributed by atoms with E-state index in [0.717, 1.165) is 25.2 Å². The summed E-state index contributed by atoms with van der Waals surface area (Å²) in [6.45, 7) is 14.3. The van der Waals surface area contributed by atoms with E-state index in [4.69, 9.17) is 0 Å². The molecule has 2 rings (SSSR count). The summed E-state index contributed by atoms with van der Waals surface area (Å²) < 4.78 is 0. The zero-order valence-electron chi connectivity index (χ0n) is 13.7. The third-order valence-electron chi connectivity index (χ3n) is 3.55. The van der Waals surface area contributed by atoms with Crippen molar-refractivity contribution in [1.82, 2.24) is 9.88 Å². The molecule has 2 heterocycles. The van der Waals surface area contributed by atoms with Gasteiger partial charge in [-0.2, -0.15) is 0 Å². The molecule has 0 saturated carbocycles. The third kappa shape index (κ3) is 4.06. The van der Waals surface area contributed by atoms with Crippen molar-refractivity contribution in [3.8, 4) is 0 Å². The van der Waals surface area contributed by atoms with Crippen LogP contribution in [0.1, 0.15) is 70.1 Å². The first kappa shape index (κ1) is 16.7. The van der Waals surface area contributed by atoms with Crippen LogP contribution < -0.4 is 0 Å². The maximum atomic E-state index is 12.4. The number of hydrogen-bond acceptors (Lipinski definition) is 2. The fourth-order valence-corrected chi connectivity index (χ4v) is 2.34. The Morgan fingerprint density at radius 2 is 1.95 bits per heavy atom. The van der Waals surface area contributed by atoms with Crippen LogP contribution in [0.4, 0.5) is 0 Å². The molecule has 0 spiro atoms. The monoisotopic (exact) mass is 276 g/mol. The van der Waals surface area contributed by atoms with Crippen molar-refractivity contribution in [1.29, 1.82) is 0 Å². The second-order valence-corrected chi connectivity index (χ2v) is 6.24. The lowest BCUT2D eigenvalue weighted by Gasteiger charge is -2.19. The highest BCUT2D eigenvalue weighted by Gasteiger charge is 2.32. The molecule has 0 N–H and O–H groups in total. The Bertz CT molecular complexity index is 452. The minimum absolute atomic E-state index is 0.0723. The van der Waals surface area contributed by atoms with Crippen LogP contribution in [0.25, 0.3) is 0 Å². The van der Waals surface area contributed by atoms with Crippen molar-refractivity contribution in [2.45, 2.75) is 53.9 Å². The van der Waals surface area contributed by atoms with Crippen LogP contribution in [-0.2, 0) is 0 Å². The smallest absolute Gasteiger partial charge is 0.272 e. The summed E-state index contributed by atoms with van der Waals surface area (Å²) in [5.74, 6) is 0.427. The van der Waals surface area contributed by atoms with Crippen molar-refractivity contribution >= 4 is 5.91 Å². The Kier molecular flexibility index (Phi) is 5.73. The molecule has 1 fully saturated rings. The van der Waals surface area contributed by atoms with E-state index in [2.05, 4.69) is 32.7 Å². The van der Waals surface area contributed by atoms with Gasteiger partial charge in [-0.1, -0.05) is 47.6 Å². The first-order valence-corrected chi connectivity index (χ1v) is 7.65. The van der Waals surface area contributed by atoms with Crippen molar-refractivity contribution in [2.24, 2.45) is 5.41 Å². The number of nitrogens with zero attached hydrogens (tertiary/aromatic N) is 2. The molecule has 0 unspecified atom stereocenters. The Labute approximate surface area is 123 Å². The molecule has 112 valence electrons. The van der Waals surface area contributed by atoms with Crippen LogP contribution in [0.15, 0.2) is 18.2 Å². The van der Waals surface area contributed by atoms with Gasteiger partial charge < -0.3 is 4.90 Å². The van der Waals surface area contributed by atoms with Crippen molar-refractivity contribution in [3.63, 3.8) is 0 Å². The lowest BCUT2D eigenvalue weighted by Crippen LogP contribution is -2.31. The van der Waals surface area contributed by atoms with Gasteiger partial charge in [0.05, 0.1) is 0 Å². The summed E-state index contributed by atoms with van der Waals surface area (Å²) >= 11 is 0. The number of pyridine rings is 1. The lowest BCUT2D eigenvalue weighted by atomic mass is 9.93. The van der Waals surface area contributed by atoms with E-state index < -0.39 is 0 Å². The number of hydrogen-bond donors (Lipinski definition) is 0. The molecule has 3 nitrogen and oxygen atoms in total. The van der Waals surface area contributed by atoms with Gasteiger partial charge in [0.25, 0.3) is 5.91 Å². The van der Waals surface area contributed by atoms with E-state index in [1.54, 1.807) is 0 Å². The van der Waals surface area contributed by atoms with E-state index in [-0.39, 0.29) is 11.3 Å². The van der Waals surface area contributed by atoms with Gasteiger partial charge in [0.1, 0.15) is 5.69 Å². The van der Waals surface area contributed by atoms with Gasteiger partial charge in [-0.15, -0.1) is 0 Å². The fourth-order valence-electron chi connectivity index (χ4n) is 2.34. The predicted molar refractivity (Wildman–Crippen MR) is 84.0 cm³/mol. The van der Waals surface area contributed by atoms with Gasteiger partial charge in [0, 0.05) is 18.8 Å². The minimum atomic E-state index is 0.0723. The molecule has 0 aromatic carbocycles. The Balaban J connectivity index is 0.000000956. The normalized spacial score (nSPS) is 16.9. The summed E-state index contributed by atoms with van der Waals surface area (Å²) in [6.07, 6.45) is 1.07. The average molecular weight is 276 g/mol. The van der Waals surface area contributed by atoms with E-state index in [0.29, 0.717) is 11.6 Å². The Morgan fingerprint density at radius 1 is 1.30 bits per heavy atom. The maximum Gasteiger partial charge on any atom is 0.272 e. The van der Waals surface area contributed by atoms with Crippen molar-refractivity contribution in [3.05, 3.63) is 29.6 Å². The summed E-state index contributed by atoms with van der Waals surface area (Å²) in [7, 11) is 0. The number of aromatic nitrogens is 1. The third-order valence-corrected chi connectivity index (χ3v) is 3.55. The molecule has 3 heteroatoms. The van der Waals surface area contributed by atoms with E-state index in [1.807, 2.05) is 36.9 Å². The summed E-state index contributed by atoms with van der Waals surface area (Å²) in [5.41, 5.74) is 1.81. The molecule has 0 radical (unpaired) electrons. The Morgan fingerprint density at radius 3 is 2.45 bits per heavy atom. The lowest BCUT2D eigenvalue weighted by molar-refractivity contribution is 0.0772. The molecular weight excluding hydrogens is 248 g/mol. The van der Waals surface area contributed by atoms with Crippen LogP contribution in [0, 0.1) is 5.41 Å². The molecule has 20 heavy (non-hydrogen) atoms. The molecule has 0 aliphatic carbocycles. The number of rotatable bonds is 2. The van der Waals surface area contributed by atoms with Crippen LogP contribution in [0.5, 0.6) is 0 Å². The average Bonchev–Trinajstić information content (AvgIpc) is 2.80. The van der Waals surface area contributed by atoms with Crippen LogP contribution in [0.2, 0.25) is 0 Å². The second kappa shape index (κ2) is 6.87. The van der Waals surface area contributed by atoms with E-state index in [9.17, 15) is 4.79 Å². The van der Waals surface area contributed by atoms with Crippen molar-refractivity contribution in [2.75, 3.05) is 13.1 Å². The van der Waals surface area contributed by atoms with Gasteiger partial charge in [0.15, 0.2) is 0 Å². The molecular formula is C17H28N2O. The quantitative estimate of drug-likeness (QED) is 0.814.